The molecule has 4 rings (SSSR count). The Bertz CT molecular complexity index is 1000. The SMILES string of the molecule is CNc1c(-c2cc3cc(O)ccc3o2)nc2cc(F)ccn12. The van der Waals surface area contributed by atoms with Crippen molar-refractivity contribution in [1.82, 2.24) is 9.38 Å². The standard InChI is InChI=1S/C16H12FN3O2/c1-18-16-15(19-14-8-10(17)4-5-20(14)16)13-7-9-6-11(21)2-3-12(9)22-13/h2-8,18,21H,1H3. The van der Waals surface area contributed by atoms with Crippen LogP contribution in [0.15, 0.2) is 47.0 Å². The third kappa shape index (κ3) is 1.81. The van der Waals surface area contributed by atoms with Gasteiger partial charge in [0.2, 0.25) is 0 Å². The molecule has 1 aromatic carbocycles. The molecule has 0 saturated heterocycles. The number of aromatic hydroxyl groups is 1. The van der Waals surface area contributed by atoms with Crippen molar-refractivity contribution in [3.05, 3.63) is 48.4 Å². The largest absolute Gasteiger partial charge is 0.508 e. The van der Waals surface area contributed by atoms with Crippen LogP contribution in [0.5, 0.6) is 5.75 Å². The highest BCUT2D eigenvalue weighted by molar-refractivity contribution is 5.86. The van der Waals surface area contributed by atoms with Crippen molar-refractivity contribution in [2.75, 3.05) is 12.4 Å². The Kier molecular flexibility index (Phi) is 2.59. The minimum atomic E-state index is -0.346. The lowest BCUT2D eigenvalue weighted by molar-refractivity contribution is 0.476. The molecular formula is C16H12FN3O2. The van der Waals surface area contributed by atoms with Crippen molar-refractivity contribution >= 4 is 22.4 Å². The van der Waals surface area contributed by atoms with Gasteiger partial charge in [-0.25, -0.2) is 9.37 Å². The molecule has 2 N–H and O–H groups in total. The number of phenolic OH excluding ortho intramolecular Hbond substituents is 1. The number of imidazole rings is 1. The van der Waals surface area contributed by atoms with Gasteiger partial charge in [0, 0.05) is 24.7 Å². The third-order valence-corrected chi connectivity index (χ3v) is 3.56. The van der Waals surface area contributed by atoms with Crippen molar-refractivity contribution in [2.24, 2.45) is 0 Å². The molecule has 0 fully saturated rings. The summed E-state index contributed by atoms with van der Waals surface area (Å²) in [5, 5.41) is 13.4. The van der Waals surface area contributed by atoms with Gasteiger partial charge in [-0.1, -0.05) is 0 Å². The summed E-state index contributed by atoms with van der Waals surface area (Å²) in [7, 11) is 1.77. The molecule has 4 aromatic rings. The second-order valence-electron chi connectivity index (χ2n) is 4.96. The molecule has 0 aliphatic rings. The van der Waals surface area contributed by atoms with E-state index in [-0.39, 0.29) is 11.6 Å². The number of aromatic nitrogens is 2. The Balaban J connectivity index is 1.98. The molecule has 0 amide bonds. The van der Waals surface area contributed by atoms with E-state index in [1.807, 2.05) is 0 Å². The Morgan fingerprint density at radius 1 is 1.23 bits per heavy atom. The lowest BCUT2D eigenvalue weighted by Crippen LogP contribution is -1.95. The Labute approximate surface area is 124 Å². The maximum atomic E-state index is 13.4. The fourth-order valence-electron chi connectivity index (χ4n) is 2.58. The molecule has 6 heteroatoms. The van der Waals surface area contributed by atoms with Crippen molar-refractivity contribution in [1.29, 1.82) is 0 Å². The predicted octanol–water partition coefficient (Wildman–Crippen LogP) is 3.63. The zero-order valence-corrected chi connectivity index (χ0v) is 11.7. The number of benzene rings is 1. The monoisotopic (exact) mass is 297 g/mol. The number of halogens is 1. The molecule has 0 radical (unpaired) electrons. The molecule has 0 spiro atoms. The van der Waals surface area contributed by atoms with Gasteiger partial charge in [0.05, 0.1) is 0 Å². The van der Waals surface area contributed by atoms with E-state index in [4.69, 9.17) is 4.42 Å². The lowest BCUT2D eigenvalue weighted by Gasteiger charge is -2.01. The van der Waals surface area contributed by atoms with E-state index in [1.54, 1.807) is 41.9 Å². The van der Waals surface area contributed by atoms with Crippen LogP contribution in [0.3, 0.4) is 0 Å². The first-order valence-electron chi connectivity index (χ1n) is 6.74. The average Bonchev–Trinajstić information content (AvgIpc) is 3.06. The number of anilines is 1. The Morgan fingerprint density at radius 3 is 2.91 bits per heavy atom. The highest BCUT2D eigenvalue weighted by Gasteiger charge is 2.17. The number of rotatable bonds is 2. The minimum Gasteiger partial charge on any atom is -0.508 e. The van der Waals surface area contributed by atoms with Gasteiger partial charge in [-0.15, -0.1) is 0 Å². The molecule has 0 unspecified atom stereocenters. The van der Waals surface area contributed by atoms with Crippen molar-refractivity contribution in [3.8, 4) is 17.2 Å². The third-order valence-electron chi connectivity index (χ3n) is 3.56. The molecule has 0 aliphatic heterocycles. The van der Waals surface area contributed by atoms with Crippen LogP contribution in [0.1, 0.15) is 0 Å². The van der Waals surface area contributed by atoms with Crippen molar-refractivity contribution < 1.29 is 13.9 Å². The van der Waals surface area contributed by atoms with Gasteiger partial charge >= 0.3 is 0 Å². The van der Waals surface area contributed by atoms with Crippen LogP contribution < -0.4 is 5.32 Å². The van der Waals surface area contributed by atoms with Crippen LogP contribution in [-0.2, 0) is 0 Å². The van der Waals surface area contributed by atoms with Crippen LogP contribution in [0.2, 0.25) is 0 Å². The van der Waals surface area contributed by atoms with Crippen LogP contribution >= 0.6 is 0 Å². The van der Waals surface area contributed by atoms with E-state index in [9.17, 15) is 9.50 Å². The van der Waals surface area contributed by atoms with E-state index in [2.05, 4.69) is 10.3 Å². The van der Waals surface area contributed by atoms with E-state index < -0.39 is 0 Å². The second kappa shape index (κ2) is 4.49. The number of hydrogen-bond donors (Lipinski definition) is 2. The van der Waals surface area contributed by atoms with Gasteiger partial charge in [-0.05, 0) is 30.3 Å². The smallest absolute Gasteiger partial charge is 0.157 e. The Hall–Kier alpha value is -3.02. The molecule has 22 heavy (non-hydrogen) atoms. The summed E-state index contributed by atoms with van der Waals surface area (Å²) in [4.78, 5) is 4.44. The summed E-state index contributed by atoms with van der Waals surface area (Å²) in [5.41, 5.74) is 1.73. The van der Waals surface area contributed by atoms with E-state index in [1.165, 1.54) is 12.1 Å². The van der Waals surface area contributed by atoms with Crippen LogP contribution in [0.25, 0.3) is 28.1 Å². The van der Waals surface area contributed by atoms with Gasteiger partial charge in [0.25, 0.3) is 0 Å². The summed E-state index contributed by atoms with van der Waals surface area (Å²) in [6, 6.07) is 9.41. The molecule has 0 saturated carbocycles. The fraction of sp³-hybridized carbons (Fsp3) is 0.0625. The normalized spacial score (nSPS) is 11.4. The molecule has 110 valence electrons. The van der Waals surface area contributed by atoms with Gasteiger partial charge in [0.15, 0.2) is 5.76 Å². The summed E-state index contributed by atoms with van der Waals surface area (Å²) in [5.74, 6) is 1.08. The second-order valence-corrected chi connectivity index (χ2v) is 4.96. The van der Waals surface area contributed by atoms with E-state index in [0.29, 0.717) is 28.5 Å². The first-order chi connectivity index (χ1) is 10.7. The summed E-state index contributed by atoms with van der Waals surface area (Å²) >= 11 is 0. The highest BCUT2D eigenvalue weighted by Crippen LogP contribution is 2.34. The summed E-state index contributed by atoms with van der Waals surface area (Å²) in [6.45, 7) is 0. The quantitative estimate of drug-likeness (QED) is 0.593. The molecular weight excluding hydrogens is 285 g/mol. The summed E-state index contributed by atoms with van der Waals surface area (Å²) in [6.07, 6.45) is 1.61. The first-order valence-corrected chi connectivity index (χ1v) is 6.74. The molecule has 3 aromatic heterocycles. The molecule has 0 bridgehead atoms. The summed E-state index contributed by atoms with van der Waals surface area (Å²) < 4.78 is 20.9. The average molecular weight is 297 g/mol. The van der Waals surface area contributed by atoms with E-state index in [0.717, 1.165) is 5.39 Å². The lowest BCUT2D eigenvalue weighted by atomic mass is 10.2. The number of phenols is 1. The number of fused-ring (bicyclic) bond motifs is 2. The predicted molar refractivity (Wildman–Crippen MR) is 81.6 cm³/mol. The first kappa shape index (κ1) is 12.7. The number of nitrogens with one attached hydrogen (secondary N) is 1. The maximum Gasteiger partial charge on any atom is 0.157 e. The number of hydrogen-bond acceptors (Lipinski definition) is 4. The number of furan rings is 1. The van der Waals surface area contributed by atoms with Crippen LogP contribution in [-0.4, -0.2) is 21.5 Å². The topological polar surface area (TPSA) is 62.7 Å². The molecule has 0 atom stereocenters. The molecule has 5 nitrogen and oxygen atoms in total. The van der Waals surface area contributed by atoms with E-state index >= 15 is 0 Å². The van der Waals surface area contributed by atoms with Crippen molar-refractivity contribution in [2.45, 2.75) is 0 Å². The van der Waals surface area contributed by atoms with Gasteiger partial charge in [-0.2, -0.15) is 0 Å². The zero-order chi connectivity index (χ0) is 15.3. The fourth-order valence-corrected chi connectivity index (χ4v) is 2.58. The number of nitrogens with zero attached hydrogens (tertiary/aromatic N) is 2. The highest BCUT2D eigenvalue weighted by atomic mass is 19.1. The van der Waals surface area contributed by atoms with Gasteiger partial charge in [0.1, 0.15) is 34.3 Å². The van der Waals surface area contributed by atoms with Crippen molar-refractivity contribution in [3.63, 3.8) is 0 Å². The van der Waals surface area contributed by atoms with Crippen LogP contribution in [0, 0.1) is 5.82 Å². The van der Waals surface area contributed by atoms with Crippen LogP contribution in [0.4, 0.5) is 10.2 Å². The zero-order valence-electron chi connectivity index (χ0n) is 11.7. The molecule has 0 aliphatic carbocycles. The number of pyridine rings is 1. The Morgan fingerprint density at radius 2 is 2.09 bits per heavy atom. The minimum absolute atomic E-state index is 0.172. The van der Waals surface area contributed by atoms with Gasteiger partial charge in [-0.3, -0.25) is 4.40 Å². The molecule has 3 heterocycles. The van der Waals surface area contributed by atoms with Gasteiger partial charge < -0.3 is 14.8 Å². The maximum absolute atomic E-state index is 13.4.